The molecule has 0 bridgehead atoms. The van der Waals surface area contributed by atoms with Gasteiger partial charge in [-0.2, -0.15) is 0 Å². The molecule has 1 heteroatoms. The molecule has 0 aliphatic rings. The molecule has 0 saturated carbocycles. The van der Waals surface area contributed by atoms with Crippen LogP contribution in [0.15, 0.2) is 18.5 Å². The molecule has 17 heavy (non-hydrogen) atoms. The van der Waals surface area contributed by atoms with Gasteiger partial charge in [0.1, 0.15) is 0 Å². The number of hydrogen-bond acceptors (Lipinski definition) is 0. The van der Waals surface area contributed by atoms with Crippen molar-refractivity contribution in [2.75, 3.05) is 0 Å². The zero-order valence-corrected chi connectivity index (χ0v) is 12.1. The quantitative estimate of drug-likeness (QED) is 0.558. The standard InChI is InChI=1S/C16H29N/c1-5-9-14(7-3)15-11-12-17(13-15)16(8-4)10-6-2/h11-14,16H,5-10H2,1-4H3. The zero-order chi connectivity index (χ0) is 12.7. The molecular weight excluding hydrogens is 206 g/mol. The fourth-order valence-corrected chi connectivity index (χ4v) is 2.75. The summed E-state index contributed by atoms with van der Waals surface area (Å²) in [7, 11) is 0. The molecule has 2 atom stereocenters. The lowest BCUT2D eigenvalue weighted by Gasteiger charge is -2.17. The third-order valence-corrected chi connectivity index (χ3v) is 3.85. The summed E-state index contributed by atoms with van der Waals surface area (Å²) in [5, 5.41) is 0. The van der Waals surface area contributed by atoms with E-state index < -0.39 is 0 Å². The molecule has 0 saturated heterocycles. The number of aromatic nitrogens is 1. The van der Waals surface area contributed by atoms with Crippen molar-refractivity contribution in [1.82, 2.24) is 4.57 Å². The first kappa shape index (κ1) is 14.3. The number of hydrogen-bond donors (Lipinski definition) is 0. The summed E-state index contributed by atoms with van der Waals surface area (Å²) in [6.07, 6.45) is 12.4. The first-order chi connectivity index (χ1) is 8.26. The van der Waals surface area contributed by atoms with Gasteiger partial charge < -0.3 is 4.57 Å². The van der Waals surface area contributed by atoms with Crippen LogP contribution >= 0.6 is 0 Å². The Labute approximate surface area is 107 Å². The van der Waals surface area contributed by atoms with Crippen molar-refractivity contribution in [2.45, 2.75) is 78.2 Å². The lowest BCUT2D eigenvalue weighted by Crippen LogP contribution is -2.05. The average molecular weight is 235 g/mol. The van der Waals surface area contributed by atoms with Gasteiger partial charge >= 0.3 is 0 Å². The first-order valence-corrected chi connectivity index (χ1v) is 7.44. The summed E-state index contributed by atoms with van der Waals surface area (Å²) >= 11 is 0. The van der Waals surface area contributed by atoms with Crippen LogP contribution in [0.4, 0.5) is 0 Å². The van der Waals surface area contributed by atoms with Gasteiger partial charge in [0.15, 0.2) is 0 Å². The molecule has 98 valence electrons. The lowest BCUT2D eigenvalue weighted by atomic mass is 9.94. The van der Waals surface area contributed by atoms with Gasteiger partial charge in [-0.15, -0.1) is 0 Å². The molecule has 0 spiro atoms. The van der Waals surface area contributed by atoms with Gasteiger partial charge in [-0.1, -0.05) is 40.5 Å². The molecule has 1 heterocycles. The van der Waals surface area contributed by atoms with E-state index in [2.05, 4.69) is 50.7 Å². The van der Waals surface area contributed by atoms with Crippen LogP contribution < -0.4 is 0 Å². The van der Waals surface area contributed by atoms with Crippen LogP contribution in [0.25, 0.3) is 0 Å². The molecular formula is C16H29N. The highest BCUT2D eigenvalue weighted by atomic mass is 15.0. The van der Waals surface area contributed by atoms with Crippen molar-refractivity contribution in [3.05, 3.63) is 24.0 Å². The van der Waals surface area contributed by atoms with E-state index >= 15 is 0 Å². The van der Waals surface area contributed by atoms with Crippen LogP contribution in [0.3, 0.4) is 0 Å². The summed E-state index contributed by atoms with van der Waals surface area (Å²) in [5.41, 5.74) is 1.55. The molecule has 2 unspecified atom stereocenters. The fraction of sp³-hybridized carbons (Fsp3) is 0.750. The Balaban J connectivity index is 2.74. The largest absolute Gasteiger partial charge is 0.351 e. The Morgan fingerprint density at radius 2 is 1.71 bits per heavy atom. The van der Waals surface area contributed by atoms with Gasteiger partial charge in [0, 0.05) is 18.4 Å². The molecule has 0 aliphatic heterocycles. The maximum atomic E-state index is 2.44. The van der Waals surface area contributed by atoms with Gasteiger partial charge in [0.25, 0.3) is 0 Å². The first-order valence-electron chi connectivity index (χ1n) is 7.44. The third kappa shape index (κ3) is 3.90. The van der Waals surface area contributed by atoms with E-state index in [1.165, 1.54) is 38.5 Å². The highest BCUT2D eigenvalue weighted by molar-refractivity contribution is 5.16. The molecule has 0 aliphatic carbocycles. The van der Waals surface area contributed by atoms with Crippen molar-refractivity contribution in [3.63, 3.8) is 0 Å². The summed E-state index contributed by atoms with van der Waals surface area (Å²) in [6, 6.07) is 3.04. The molecule has 0 amide bonds. The predicted molar refractivity (Wildman–Crippen MR) is 76.6 cm³/mol. The van der Waals surface area contributed by atoms with Crippen LogP contribution in [0, 0.1) is 0 Å². The Bertz CT molecular complexity index is 272. The second-order valence-electron chi connectivity index (χ2n) is 5.14. The molecule has 1 nitrogen and oxygen atoms in total. The Kier molecular flexibility index (Phi) is 6.39. The Hall–Kier alpha value is -0.720. The second kappa shape index (κ2) is 7.58. The van der Waals surface area contributed by atoms with E-state index in [0.717, 1.165) is 5.92 Å². The lowest BCUT2D eigenvalue weighted by molar-refractivity contribution is 0.447. The monoisotopic (exact) mass is 235 g/mol. The molecule has 1 rings (SSSR count). The maximum absolute atomic E-state index is 2.44. The minimum Gasteiger partial charge on any atom is -0.351 e. The fourth-order valence-electron chi connectivity index (χ4n) is 2.75. The Morgan fingerprint density at radius 1 is 1.00 bits per heavy atom. The van der Waals surface area contributed by atoms with Crippen molar-refractivity contribution in [1.29, 1.82) is 0 Å². The molecule has 0 aromatic carbocycles. The van der Waals surface area contributed by atoms with Crippen molar-refractivity contribution in [3.8, 4) is 0 Å². The Morgan fingerprint density at radius 3 is 2.24 bits per heavy atom. The summed E-state index contributed by atoms with van der Waals surface area (Å²) < 4.78 is 2.44. The zero-order valence-electron chi connectivity index (χ0n) is 12.1. The van der Waals surface area contributed by atoms with Crippen LogP contribution in [0.5, 0.6) is 0 Å². The molecule has 0 radical (unpaired) electrons. The van der Waals surface area contributed by atoms with E-state index in [-0.39, 0.29) is 0 Å². The van der Waals surface area contributed by atoms with Crippen LogP contribution in [-0.4, -0.2) is 4.57 Å². The molecule has 1 aromatic rings. The summed E-state index contributed by atoms with van der Waals surface area (Å²) in [5.74, 6) is 0.764. The van der Waals surface area contributed by atoms with E-state index in [1.54, 1.807) is 5.56 Å². The molecule has 0 N–H and O–H groups in total. The summed E-state index contributed by atoms with van der Waals surface area (Å²) in [6.45, 7) is 9.16. The maximum Gasteiger partial charge on any atom is 0.0328 e. The SMILES string of the molecule is CCCC(CC)c1ccn(C(CC)CCC)c1. The predicted octanol–water partition coefficient (Wildman–Crippen LogP) is 5.53. The van der Waals surface area contributed by atoms with E-state index in [9.17, 15) is 0 Å². The van der Waals surface area contributed by atoms with Gasteiger partial charge in [0.2, 0.25) is 0 Å². The van der Waals surface area contributed by atoms with E-state index in [0.29, 0.717) is 6.04 Å². The average Bonchev–Trinajstić information content (AvgIpc) is 2.82. The van der Waals surface area contributed by atoms with Crippen molar-refractivity contribution >= 4 is 0 Å². The van der Waals surface area contributed by atoms with E-state index in [4.69, 9.17) is 0 Å². The van der Waals surface area contributed by atoms with E-state index in [1.807, 2.05) is 0 Å². The smallest absolute Gasteiger partial charge is 0.0328 e. The van der Waals surface area contributed by atoms with Gasteiger partial charge in [0.05, 0.1) is 0 Å². The minimum atomic E-state index is 0.702. The van der Waals surface area contributed by atoms with Gasteiger partial charge in [-0.25, -0.2) is 0 Å². The molecule has 0 fully saturated rings. The van der Waals surface area contributed by atoms with Crippen LogP contribution in [0.2, 0.25) is 0 Å². The number of nitrogens with zero attached hydrogens (tertiary/aromatic N) is 1. The van der Waals surface area contributed by atoms with Crippen LogP contribution in [-0.2, 0) is 0 Å². The molecule has 1 aromatic heterocycles. The summed E-state index contributed by atoms with van der Waals surface area (Å²) in [4.78, 5) is 0. The third-order valence-electron chi connectivity index (χ3n) is 3.85. The normalized spacial score (nSPS) is 14.8. The highest BCUT2D eigenvalue weighted by Gasteiger charge is 2.12. The van der Waals surface area contributed by atoms with Crippen LogP contribution in [0.1, 0.15) is 83.7 Å². The van der Waals surface area contributed by atoms with Crippen molar-refractivity contribution < 1.29 is 0 Å². The number of rotatable bonds is 8. The van der Waals surface area contributed by atoms with Crippen molar-refractivity contribution in [2.24, 2.45) is 0 Å². The van der Waals surface area contributed by atoms with Gasteiger partial charge in [-0.05, 0) is 43.2 Å². The highest BCUT2D eigenvalue weighted by Crippen LogP contribution is 2.27. The second-order valence-corrected chi connectivity index (χ2v) is 5.14. The van der Waals surface area contributed by atoms with Gasteiger partial charge in [-0.3, -0.25) is 0 Å². The minimum absolute atomic E-state index is 0.702. The topological polar surface area (TPSA) is 4.93 Å².